The van der Waals surface area contributed by atoms with Crippen molar-refractivity contribution in [3.63, 3.8) is 0 Å². The van der Waals surface area contributed by atoms with Gasteiger partial charge < -0.3 is 10.5 Å². The first-order valence-corrected chi connectivity index (χ1v) is 6.75. The number of hydrogen-bond acceptors (Lipinski definition) is 3. The fourth-order valence-electron chi connectivity index (χ4n) is 2.77. The molecular formula is C13H24N2O. The maximum atomic E-state index is 6.18. The zero-order valence-corrected chi connectivity index (χ0v) is 10.3. The fraction of sp³-hybridized carbons (Fsp3) is 1.00. The molecule has 0 radical (unpaired) electrons. The van der Waals surface area contributed by atoms with Crippen molar-refractivity contribution in [1.29, 1.82) is 0 Å². The average molecular weight is 224 g/mol. The Balaban J connectivity index is 1.60. The van der Waals surface area contributed by atoms with E-state index in [1.165, 1.54) is 32.2 Å². The molecule has 0 bridgehead atoms. The van der Waals surface area contributed by atoms with Gasteiger partial charge >= 0.3 is 0 Å². The second-order valence-corrected chi connectivity index (χ2v) is 6.38. The Kier molecular flexibility index (Phi) is 2.73. The number of nitrogens with two attached hydrogens (primary N) is 1. The second-order valence-electron chi connectivity index (χ2n) is 6.38. The van der Waals surface area contributed by atoms with Gasteiger partial charge in [0, 0.05) is 30.6 Å². The van der Waals surface area contributed by atoms with E-state index in [4.69, 9.17) is 10.5 Å². The fourth-order valence-corrected chi connectivity index (χ4v) is 2.77. The Bertz CT molecular complexity index is 263. The van der Waals surface area contributed by atoms with Crippen molar-refractivity contribution in [3.05, 3.63) is 0 Å². The summed E-state index contributed by atoms with van der Waals surface area (Å²) in [6.07, 6.45) is 5.70. The van der Waals surface area contributed by atoms with Gasteiger partial charge in [0.1, 0.15) is 0 Å². The van der Waals surface area contributed by atoms with Gasteiger partial charge in [-0.1, -0.05) is 6.92 Å². The monoisotopic (exact) mass is 224 g/mol. The Morgan fingerprint density at radius 1 is 1.31 bits per heavy atom. The van der Waals surface area contributed by atoms with Gasteiger partial charge in [-0.25, -0.2) is 0 Å². The zero-order valence-electron chi connectivity index (χ0n) is 10.3. The lowest BCUT2D eigenvalue weighted by molar-refractivity contribution is 0.112. The summed E-state index contributed by atoms with van der Waals surface area (Å²) in [5.74, 6) is 0.989. The molecule has 1 aliphatic heterocycles. The highest BCUT2D eigenvalue weighted by atomic mass is 16.5. The number of nitrogens with zero attached hydrogens (tertiary/aromatic N) is 1. The van der Waals surface area contributed by atoms with Crippen LogP contribution in [0.5, 0.6) is 0 Å². The third-order valence-corrected chi connectivity index (χ3v) is 4.44. The molecule has 0 spiro atoms. The minimum Gasteiger partial charge on any atom is -0.379 e. The first-order valence-electron chi connectivity index (χ1n) is 6.75. The molecule has 16 heavy (non-hydrogen) atoms. The Hall–Kier alpha value is -0.120. The van der Waals surface area contributed by atoms with Crippen LogP contribution < -0.4 is 5.73 Å². The molecule has 2 aliphatic carbocycles. The van der Waals surface area contributed by atoms with Crippen LogP contribution in [0.25, 0.3) is 0 Å². The summed E-state index contributed by atoms with van der Waals surface area (Å²) in [5.41, 5.74) is 6.37. The summed E-state index contributed by atoms with van der Waals surface area (Å²) >= 11 is 0. The molecule has 3 rings (SSSR count). The molecule has 0 amide bonds. The van der Waals surface area contributed by atoms with Crippen molar-refractivity contribution < 1.29 is 4.74 Å². The third-order valence-electron chi connectivity index (χ3n) is 4.44. The molecule has 3 heteroatoms. The lowest BCUT2D eigenvalue weighted by Crippen LogP contribution is -2.48. The molecule has 0 aromatic rings. The second kappa shape index (κ2) is 3.97. The van der Waals surface area contributed by atoms with Crippen LogP contribution >= 0.6 is 0 Å². The molecule has 0 aromatic heterocycles. The molecule has 2 atom stereocenters. The van der Waals surface area contributed by atoms with Crippen molar-refractivity contribution in [2.75, 3.05) is 26.3 Å². The van der Waals surface area contributed by atoms with E-state index in [0.29, 0.717) is 0 Å². The first kappa shape index (κ1) is 11.0. The molecule has 1 heterocycles. The van der Waals surface area contributed by atoms with Gasteiger partial charge in [0.15, 0.2) is 0 Å². The molecule has 3 nitrogen and oxygen atoms in total. The molecule has 1 saturated heterocycles. The third kappa shape index (κ3) is 2.27. The summed E-state index contributed by atoms with van der Waals surface area (Å²) in [6, 6.07) is 1.10. The lowest BCUT2D eigenvalue weighted by atomic mass is 9.85. The highest BCUT2D eigenvalue weighted by molar-refractivity contribution is 4.97. The summed E-state index contributed by atoms with van der Waals surface area (Å²) < 4.78 is 5.54. The summed E-state index contributed by atoms with van der Waals surface area (Å²) in [5, 5.41) is 0. The SMILES string of the molecule is CC1(CN(CC2CC2)C2CC2)COCC1N. The zero-order chi connectivity index (χ0) is 11.2. The predicted octanol–water partition coefficient (Wildman–Crippen LogP) is 1.22. The van der Waals surface area contributed by atoms with Crippen molar-refractivity contribution in [1.82, 2.24) is 4.90 Å². The number of ether oxygens (including phenoxy) is 1. The quantitative estimate of drug-likeness (QED) is 0.763. The molecule has 3 fully saturated rings. The molecule has 0 aromatic carbocycles. The minimum atomic E-state index is 0.192. The largest absolute Gasteiger partial charge is 0.379 e. The molecule has 2 unspecified atom stereocenters. The van der Waals surface area contributed by atoms with Gasteiger partial charge in [-0.05, 0) is 31.6 Å². The summed E-state index contributed by atoms with van der Waals surface area (Å²) in [4.78, 5) is 2.70. The molecule has 2 saturated carbocycles. The van der Waals surface area contributed by atoms with E-state index in [1.807, 2.05) is 0 Å². The average Bonchev–Trinajstić information content (AvgIpc) is 3.12. The lowest BCUT2D eigenvalue weighted by Gasteiger charge is -2.34. The Morgan fingerprint density at radius 3 is 2.56 bits per heavy atom. The Morgan fingerprint density at radius 2 is 2.06 bits per heavy atom. The molecule has 2 N–H and O–H groups in total. The first-order chi connectivity index (χ1) is 7.67. The van der Waals surface area contributed by atoms with Gasteiger partial charge in [-0.3, -0.25) is 4.90 Å². The van der Waals surface area contributed by atoms with E-state index in [0.717, 1.165) is 31.7 Å². The number of hydrogen-bond donors (Lipinski definition) is 1. The standard InChI is InChI=1S/C13H24N2O/c1-13(9-16-7-12(13)14)8-15(11-4-5-11)6-10-2-3-10/h10-12H,2-9,14H2,1H3. The Labute approximate surface area is 98.3 Å². The van der Waals surface area contributed by atoms with Crippen molar-refractivity contribution >= 4 is 0 Å². The van der Waals surface area contributed by atoms with E-state index in [-0.39, 0.29) is 11.5 Å². The van der Waals surface area contributed by atoms with Crippen LogP contribution in [-0.2, 0) is 4.74 Å². The number of rotatable bonds is 5. The van der Waals surface area contributed by atoms with Gasteiger partial charge in [0.25, 0.3) is 0 Å². The van der Waals surface area contributed by atoms with Crippen molar-refractivity contribution in [2.24, 2.45) is 17.1 Å². The summed E-state index contributed by atoms with van der Waals surface area (Å²) in [6.45, 7) is 6.36. The van der Waals surface area contributed by atoms with Crippen LogP contribution in [0.3, 0.4) is 0 Å². The topological polar surface area (TPSA) is 38.5 Å². The maximum absolute atomic E-state index is 6.18. The molecule has 3 aliphatic rings. The predicted molar refractivity (Wildman–Crippen MR) is 64.2 cm³/mol. The van der Waals surface area contributed by atoms with Crippen LogP contribution in [0.1, 0.15) is 32.6 Å². The normalized spacial score (nSPS) is 39.6. The minimum absolute atomic E-state index is 0.192. The van der Waals surface area contributed by atoms with E-state index < -0.39 is 0 Å². The summed E-state index contributed by atoms with van der Waals surface area (Å²) in [7, 11) is 0. The van der Waals surface area contributed by atoms with Gasteiger partial charge in [-0.15, -0.1) is 0 Å². The maximum Gasteiger partial charge on any atom is 0.0624 e. The van der Waals surface area contributed by atoms with E-state index in [1.54, 1.807) is 0 Å². The molecule has 92 valence electrons. The van der Waals surface area contributed by atoms with Gasteiger partial charge in [-0.2, -0.15) is 0 Å². The van der Waals surface area contributed by atoms with E-state index in [2.05, 4.69) is 11.8 Å². The highest BCUT2D eigenvalue weighted by Gasteiger charge is 2.43. The van der Waals surface area contributed by atoms with Gasteiger partial charge in [0.05, 0.1) is 13.2 Å². The van der Waals surface area contributed by atoms with Crippen molar-refractivity contribution in [3.8, 4) is 0 Å². The smallest absolute Gasteiger partial charge is 0.0624 e. The van der Waals surface area contributed by atoms with Crippen LogP contribution in [0, 0.1) is 11.3 Å². The molecular weight excluding hydrogens is 200 g/mol. The van der Waals surface area contributed by atoms with E-state index >= 15 is 0 Å². The highest BCUT2D eigenvalue weighted by Crippen LogP contribution is 2.38. The van der Waals surface area contributed by atoms with Gasteiger partial charge in [0.2, 0.25) is 0 Å². The van der Waals surface area contributed by atoms with Crippen LogP contribution in [0.15, 0.2) is 0 Å². The van der Waals surface area contributed by atoms with Crippen molar-refractivity contribution in [2.45, 2.75) is 44.7 Å². The van der Waals surface area contributed by atoms with Crippen LogP contribution in [-0.4, -0.2) is 43.3 Å². The van der Waals surface area contributed by atoms with Crippen LogP contribution in [0.2, 0.25) is 0 Å². The van der Waals surface area contributed by atoms with Crippen LogP contribution in [0.4, 0.5) is 0 Å². The van der Waals surface area contributed by atoms with E-state index in [9.17, 15) is 0 Å².